The highest BCUT2D eigenvalue weighted by Gasteiger charge is 1.96. The maximum atomic E-state index is 7.56. The zero-order chi connectivity index (χ0) is 9.84. The van der Waals surface area contributed by atoms with E-state index in [4.69, 9.17) is 5.41 Å². The molecule has 1 heterocycles. The van der Waals surface area contributed by atoms with Gasteiger partial charge in [0.1, 0.15) is 5.84 Å². The molecule has 0 spiro atoms. The fourth-order valence-electron chi connectivity index (χ4n) is 0.859. The molecule has 0 bridgehead atoms. The fraction of sp³-hybridized carbons (Fsp3) is 0.300. The molecule has 1 aromatic heterocycles. The molecule has 13 heavy (non-hydrogen) atoms. The van der Waals surface area contributed by atoms with Gasteiger partial charge < -0.3 is 4.90 Å². The van der Waals surface area contributed by atoms with Crippen molar-refractivity contribution in [2.75, 3.05) is 14.1 Å². The van der Waals surface area contributed by atoms with Gasteiger partial charge in [0.2, 0.25) is 0 Å². The Morgan fingerprint density at radius 2 is 2.23 bits per heavy atom. The summed E-state index contributed by atoms with van der Waals surface area (Å²) < 4.78 is 0. The monoisotopic (exact) mass is 194 g/mol. The van der Waals surface area contributed by atoms with E-state index in [1.165, 1.54) is 10.4 Å². The van der Waals surface area contributed by atoms with Gasteiger partial charge in [-0.3, -0.25) is 5.41 Å². The van der Waals surface area contributed by atoms with Crippen molar-refractivity contribution < 1.29 is 0 Å². The Bertz CT molecular complexity index is 323. The number of likely N-dealkylation sites (N-methyl/N-ethyl adjacent to an activating group) is 1. The SMILES string of the molecule is Cc1ccsc1/C=C/C(=N)N(C)C. The molecule has 1 rings (SSSR count). The Hall–Kier alpha value is -1.09. The highest BCUT2D eigenvalue weighted by molar-refractivity contribution is 7.11. The summed E-state index contributed by atoms with van der Waals surface area (Å²) in [6.07, 6.45) is 3.81. The minimum absolute atomic E-state index is 0.521. The van der Waals surface area contributed by atoms with Gasteiger partial charge in [-0.25, -0.2) is 0 Å². The number of aryl methyl sites for hydroxylation is 1. The summed E-state index contributed by atoms with van der Waals surface area (Å²) in [5.41, 5.74) is 1.27. The number of hydrogen-bond donors (Lipinski definition) is 1. The van der Waals surface area contributed by atoms with Gasteiger partial charge in [0.15, 0.2) is 0 Å². The average Bonchev–Trinajstić information content (AvgIpc) is 2.47. The van der Waals surface area contributed by atoms with E-state index in [2.05, 4.69) is 18.4 Å². The Morgan fingerprint density at radius 1 is 1.54 bits per heavy atom. The standard InChI is InChI=1S/C10H14N2S/c1-8-6-7-13-9(8)4-5-10(11)12(2)3/h4-7,11H,1-3H3/b5-4+,11-10?. The van der Waals surface area contributed by atoms with Crippen molar-refractivity contribution in [3.8, 4) is 0 Å². The fourth-order valence-corrected chi connectivity index (χ4v) is 1.68. The Balaban J connectivity index is 2.69. The van der Waals surface area contributed by atoms with E-state index in [1.54, 1.807) is 16.2 Å². The molecule has 0 amide bonds. The van der Waals surface area contributed by atoms with Crippen LogP contribution in [-0.2, 0) is 0 Å². The van der Waals surface area contributed by atoms with Crippen LogP contribution in [0.3, 0.4) is 0 Å². The summed E-state index contributed by atoms with van der Waals surface area (Å²) in [7, 11) is 3.74. The Labute approximate surface area is 83.0 Å². The van der Waals surface area contributed by atoms with Crippen molar-refractivity contribution in [1.82, 2.24) is 4.90 Å². The second-order valence-electron chi connectivity index (χ2n) is 3.08. The predicted molar refractivity (Wildman–Crippen MR) is 59.5 cm³/mol. The van der Waals surface area contributed by atoms with E-state index in [-0.39, 0.29) is 0 Å². The van der Waals surface area contributed by atoms with Crippen molar-refractivity contribution in [3.05, 3.63) is 28.0 Å². The van der Waals surface area contributed by atoms with Crippen molar-refractivity contribution in [2.45, 2.75) is 6.92 Å². The van der Waals surface area contributed by atoms with Crippen molar-refractivity contribution >= 4 is 23.2 Å². The lowest BCUT2D eigenvalue weighted by molar-refractivity contribution is 0.622. The normalized spacial score (nSPS) is 10.7. The van der Waals surface area contributed by atoms with E-state index in [0.29, 0.717) is 5.84 Å². The first-order chi connectivity index (χ1) is 6.11. The third kappa shape index (κ3) is 2.70. The van der Waals surface area contributed by atoms with Crippen LogP contribution in [0, 0.1) is 12.3 Å². The Kier molecular flexibility index (Phi) is 3.25. The average molecular weight is 194 g/mol. The smallest absolute Gasteiger partial charge is 0.120 e. The molecule has 1 N–H and O–H groups in total. The molecular formula is C10H14N2S. The molecule has 3 heteroatoms. The topological polar surface area (TPSA) is 27.1 Å². The number of thiophene rings is 1. The summed E-state index contributed by atoms with van der Waals surface area (Å²) in [5.74, 6) is 0.521. The number of amidine groups is 1. The van der Waals surface area contributed by atoms with Crippen LogP contribution in [0.2, 0.25) is 0 Å². The molecule has 0 radical (unpaired) electrons. The zero-order valence-corrected chi connectivity index (χ0v) is 8.98. The first kappa shape index (κ1) is 9.99. The molecule has 0 aliphatic heterocycles. The molecule has 0 saturated carbocycles. The zero-order valence-electron chi connectivity index (χ0n) is 8.16. The molecule has 0 aromatic carbocycles. The summed E-state index contributed by atoms with van der Waals surface area (Å²) in [6, 6.07) is 2.09. The van der Waals surface area contributed by atoms with E-state index >= 15 is 0 Å². The summed E-state index contributed by atoms with van der Waals surface area (Å²) in [5, 5.41) is 9.62. The quantitative estimate of drug-likeness (QED) is 0.568. The lowest BCUT2D eigenvalue weighted by Crippen LogP contribution is -2.17. The van der Waals surface area contributed by atoms with E-state index < -0.39 is 0 Å². The van der Waals surface area contributed by atoms with Crippen molar-refractivity contribution in [3.63, 3.8) is 0 Å². The van der Waals surface area contributed by atoms with Gasteiger partial charge in [-0.2, -0.15) is 0 Å². The second-order valence-corrected chi connectivity index (χ2v) is 4.03. The van der Waals surface area contributed by atoms with Crippen LogP contribution in [0.25, 0.3) is 6.08 Å². The highest BCUT2D eigenvalue weighted by Crippen LogP contribution is 2.16. The second kappa shape index (κ2) is 4.23. The third-order valence-electron chi connectivity index (χ3n) is 1.78. The van der Waals surface area contributed by atoms with Crippen molar-refractivity contribution in [2.24, 2.45) is 0 Å². The number of rotatable bonds is 2. The molecule has 0 unspecified atom stereocenters. The molecular weight excluding hydrogens is 180 g/mol. The predicted octanol–water partition coefficient (Wildman–Crippen LogP) is 2.61. The van der Waals surface area contributed by atoms with Crippen LogP contribution in [0.1, 0.15) is 10.4 Å². The summed E-state index contributed by atoms with van der Waals surface area (Å²) in [4.78, 5) is 3.01. The van der Waals surface area contributed by atoms with Gasteiger partial charge >= 0.3 is 0 Å². The number of nitrogens with one attached hydrogen (secondary N) is 1. The lowest BCUT2D eigenvalue weighted by Gasteiger charge is -2.08. The minimum atomic E-state index is 0.521. The van der Waals surface area contributed by atoms with Gasteiger partial charge in [-0.1, -0.05) is 0 Å². The van der Waals surface area contributed by atoms with Crippen LogP contribution >= 0.6 is 11.3 Å². The van der Waals surface area contributed by atoms with Crippen LogP contribution in [0.4, 0.5) is 0 Å². The Morgan fingerprint density at radius 3 is 2.69 bits per heavy atom. The van der Waals surface area contributed by atoms with Crippen molar-refractivity contribution in [1.29, 1.82) is 5.41 Å². The maximum absolute atomic E-state index is 7.56. The largest absolute Gasteiger partial charge is 0.363 e. The van der Waals surface area contributed by atoms with Gasteiger partial charge in [0.25, 0.3) is 0 Å². The molecule has 0 fully saturated rings. The summed E-state index contributed by atoms with van der Waals surface area (Å²) in [6.45, 7) is 2.08. The third-order valence-corrected chi connectivity index (χ3v) is 2.76. The van der Waals surface area contributed by atoms with E-state index in [9.17, 15) is 0 Å². The lowest BCUT2D eigenvalue weighted by atomic mass is 10.3. The molecule has 0 aliphatic rings. The number of nitrogens with zero attached hydrogens (tertiary/aromatic N) is 1. The molecule has 70 valence electrons. The van der Waals surface area contributed by atoms with Gasteiger partial charge in [0, 0.05) is 19.0 Å². The molecule has 0 aliphatic carbocycles. The first-order valence-corrected chi connectivity index (χ1v) is 4.97. The van der Waals surface area contributed by atoms with Gasteiger partial charge in [-0.05, 0) is 36.1 Å². The van der Waals surface area contributed by atoms with Gasteiger partial charge in [0.05, 0.1) is 0 Å². The van der Waals surface area contributed by atoms with Gasteiger partial charge in [-0.15, -0.1) is 11.3 Å². The van der Waals surface area contributed by atoms with Crippen LogP contribution < -0.4 is 0 Å². The minimum Gasteiger partial charge on any atom is -0.363 e. The number of hydrogen-bond acceptors (Lipinski definition) is 2. The van der Waals surface area contributed by atoms with Crippen LogP contribution in [0.15, 0.2) is 17.5 Å². The first-order valence-electron chi connectivity index (χ1n) is 4.09. The van der Waals surface area contributed by atoms with E-state index in [0.717, 1.165) is 0 Å². The molecule has 1 aromatic rings. The highest BCUT2D eigenvalue weighted by atomic mass is 32.1. The molecule has 0 atom stereocenters. The summed E-state index contributed by atoms with van der Waals surface area (Å²) >= 11 is 1.70. The van der Waals surface area contributed by atoms with E-state index in [1.807, 2.05) is 26.2 Å². The maximum Gasteiger partial charge on any atom is 0.120 e. The van der Waals surface area contributed by atoms with Crippen LogP contribution in [0.5, 0.6) is 0 Å². The van der Waals surface area contributed by atoms with Crippen LogP contribution in [-0.4, -0.2) is 24.8 Å². The molecule has 0 saturated heterocycles. The molecule has 2 nitrogen and oxygen atoms in total.